The van der Waals surface area contributed by atoms with Crippen molar-refractivity contribution in [3.05, 3.63) is 0 Å². The van der Waals surface area contributed by atoms with Gasteiger partial charge in [0.2, 0.25) is 5.91 Å². The molecule has 104 valence electrons. The van der Waals surface area contributed by atoms with Crippen LogP contribution in [-0.4, -0.2) is 60.0 Å². The van der Waals surface area contributed by atoms with Gasteiger partial charge in [-0.15, -0.1) is 0 Å². The molecule has 5 heteroatoms. The first-order valence-electron chi connectivity index (χ1n) is 6.95. The number of hydrogen-bond acceptors (Lipinski definition) is 4. The fourth-order valence-corrected chi connectivity index (χ4v) is 3.49. The fraction of sp³-hybridized carbons (Fsp3) is 0.923. The van der Waals surface area contributed by atoms with Crippen molar-refractivity contribution in [1.29, 1.82) is 0 Å². The van der Waals surface area contributed by atoms with Crippen molar-refractivity contribution in [2.75, 3.05) is 26.7 Å². The van der Waals surface area contributed by atoms with E-state index in [0.717, 1.165) is 38.9 Å². The van der Waals surface area contributed by atoms with E-state index in [1.54, 1.807) is 0 Å². The minimum Gasteiger partial charge on any atom is -0.368 e. The van der Waals surface area contributed by atoms with Gasteiger partial charge in [0.05, 0.1) is 5.54 Å². The number of hydrogen-bond donors (Lipinski definition) is 2. The lowest BCUT2D eigenvalue weighted by Gasteiger charge is -2.34. The molecular formula is C13H26N4O. The number of carbonyl (C=O) groups excluding carboxylic acids is 1. The zero-order chi connectivity index (χ0) is 13.3. The summed E-state index contributed by atoms with van der Waals surface area (Å²) in [6.45, 7) is 5.61. The van der Waals surface area contributed by atoms with E-state index in [1.165, 1.54) is 6.42 Å². The van der Waals surface area contributed by atoms with Crippen molar-refractivity contribution < 1.29 is 4.79 Å². The van der Waals surface area contributed by atoms with Crippen molar-refractivity contribution in [1.82, 2.24) is 9.80 Å². The van der Waals surface area contributed by atoms with Crippen LogP contribution < -0.4 is 11.5 Å². The Hall–Kier alpha value is -0.650. The van der Waals surface area contributed by atoms with Crippen LogP contribution in [0.2, 0.25) is 0 Å². The predicted molar refractivity (Wildman–Crippen MR) is 72.0 cm³/mol. The van der Waals surface area contributed by atoms with E-state index in [0.29, 0.717) is 12.1 Å². The highest BCUT2D eigenvalue weighted by molar-refractivity contribution is 5.84. The second-order valence-corrected chi connectivity index (χ2v) is 6.12. The molecule has 0 aromatic rings. The van der Waals surface area contributed by atoms with Gasteiger partial charge in [0.25, 0.3) is 0 Å². The number of rotatable bonds is 2. The zero-order valence-corrected chi connectivity index (χ0v) is 11.6. The number of primary amides is 1. The highest BCUT2D eigenvalue weighted by atomic mass is 16.1. The highest BCUT2D eigenvalue weighted by Crippen LogP contribution is 2.32. The maximum atomic E-state index is 11.4. The van der Waals surface area contributed by atoms with E-state index < -0.39 is 5.54 Å². The Labute approximate surface area is 109 Å². The standard InChI is InChI=1S/C13H26N4O/c1-10-9-16(2)6-3-7-17(10)11-4-5-13(15,8-11)12(14)18/h10-11H,3-9,15H2,1-2H3,(H2,14,18). The molecule has 1 saturated heterocycles. The summed E-state index contributed by atoms with van der Waals surface area (Å²) in [4.78, 5) is 16.3. The summed E-state index contributed by atoms with van der Waals surface area (Å²) >= 11 is 0. The monoisotopic (exact) mass is 254 g/mol. The van der Waals surface area contributed by atoms with Crippen LogP contribution >= 0.6 is 0 Å². The van der Waals surface area contributed by atoms with E-state index in [-0.39, 0.29) is 5.91 Å². The Bertz CT molecular complexity index is 322. The molecule has 2 aliphatic rings. The second-order valence-electron chi connectivity index (χ2n) is 6.12. The molecule has 1 aliphatic carbocycles. The first-order chi connectivity index (χ1) is 8.42. The van der Waals surface area contributed by atoms with Gasteiger partial charge < -0.3 is 16.4 Å². The summed E-state index contributed by atoms with van der Waals surface area (Å²) < 4.78 is 0. The molecule has 0 radical (unpaired) electrons. The van der Waals surface area contributed by atoms with Crippen LogP contribution in [0.5, 0.6) is 0 Å². The Morgan fingerprint density at radius 3 is 2.72 bits per heavy atom. The lowest BCUT2D eigenvalue weighted by Crippen LogP contribution is -2.52. The van der Waals surface area contributed by atoms with Crippen LogP contribution in [-0.2, 0) is 4.79 Å². The van der Waals surface area contributed by atoms with Crippen LogP contribution in [0.3, 0.4) is 0 Å². The third-order valence-electron chi connectivity index (χ3n) is 4.58. The summed E-state index contributed by atoms with van der Waals surface area (Å²) in [5.74, 6) is -0.343. The van der Waals surface area contributed by atoms with Crippen LogP contribution in [0.1, 0.15) is 32.6 Å². The fourth-order valence-electron chi connectivity index (χ4n) is 3.49. The van der Waals surface area contributed by atoms with E-state index in [1.807, 2.05) is 0 Å². The van der Waals surface area contributed by atoms with Crippen molar-refractivity contribution >= 4 is 5.91 Å². The Morgan fingerprint density at radius 2 is 2.11 bits per heavy atom. The Kier molecular flexibility index (Phi) is 3.94. The molecule has 3 atom stereocenters. The van der Waals surface area contributed by atoms with Gasteiger partial charge in [0.1, 0.15) is 0 Å². The summed E-state index contributed by atoms with van der Waals surface area (Å²) in [6, 6.07) is 0.946. The summed E-state index contributed by atoms with van der Waals surface area (Å²) in [7, 11) is 2.17. The maximum Gasteiger partial charge on any atom is 0.237 e. The smallest absolute Gasteiger partial charge is 0.237 e. The summed E-state index contributed by atoms with van der Waals surface area (Å²) in [5, 5.41) is 0. The topological polar surface area (TPSA) is 75.6 Å². The molecule has 0 aromatic carbocycles. The molecule has 18 heavy (non-hydrogen) atoms. The summed E-state index contributed by atoms with van der Waals surface area (Å²) in [6.07, 6.45) is 3.63. The van der Waals surface area contributed by atoms with Gasteiger partial charge in [-0.05, 0) is 52.7 Å². The van der Waals surface area contributed by atoms with Crippen molar-refractivity contribution in [3.8, 4) is 0 Å². The Morgan fingerprint density at radius 1 is 1.39 bits per heavy atom. The number of likely N-dealkylation sites (N-methyl/N-ethyl adjacent to an activating group) is 1. The number of amides is 1. The van der Waals surface area contributed by atoms with Gasteiger partial charge >= 0.3 is 0 Å². The quantitative estimate of drug-likeness (QED) is 0.712. The molecular weight excluding hydrogens is 228 g/mol. The molecule has 2 rings (SSSR count). The molecule has 0 bridgehead atoms. The highest BCUT2D eigenvalue weighted by Gasteiger charge is 2.43. The molecule has 1 saturated carbocycles. The van der Waals surface area contributed by atoms with Crippen LogP contribution in [0.15, 0.2) is 0 Å². The van der Waals surface area contributed by atoms with E-state index >= 15 is 0 Å². The molecule has 1 amide bonds. The number of nitrogens with zero attached hydrogens (tertiary/aromatic N) is 2. The van der Waals surface area contributed by atoms with Gasteiger partial charge in [-0.1, -0.05) is 0 Å². The first-order valence-corrected chi connectivity index (χ1v) is 6.95. The molecule has 1 heterocycles. The summed E-state index contributed by atoms with van der Waals surface area (Å²) in [5.41, 5.74) is 10.7. The SMILES string of the molecule is CC1CN(C)CCCN1C1CCC(N)(C(N)=O)C1. The third-order valence-corrected chi connectivity index (χ3v) is 4.58. The molecule has 0 aromatic heterocycles. The third kappa shape index (κ3) is 2.68. The minimum absolute atomic E-state index is 0.343. The van der Waals surface area contributed by atoms with Crippen LogP contribution in [0.4, 0.5) is 0 Å². The van der Waals surface area contributed by atoms with Gasteiger partial charge in [-0.3, -0.25) is 9.69 Å². The van der Waals surface area contributed by atoms with Gasteiger partial charge in [0.15, 0.2) is 0 Å². The van der Waals surface area contributed by atoms with Crippen molar-refractivity contribution in [2.45, 2.75) is 50.2 Å². The van der Waals surface area contributed by atoms with E-state index in [4.69, 9.17) is 11.5 Å². The number of nitrogens with two attached hydrogens (primary N) is 2. The molecule has 4 N–H and O–H groups in total. The number of carbonyl (C=O) groups is 1. The maximum absolute atomic E-state index is 11.4. The molecule has 5 nitrogen and oxygen atoms in total. The van der Waals surface area contributed by atoms with Crippen molar-refractivity contribution in [3.63, 3.8) is 0 Å². The minimum atomic E-state index is -0.775. The predicted octanol–water partition coefficient (Wildman–Crippen LogP) is -0.252. The lowest BCUT2D eigenvalue weighted by molar-refractivity contribution is -0.123. The largest absolute Gasteiger partial charge is 0.368 e. The normalized spacial score (nSPS) is 39.7. The Balaban J connectivity index is 2.02. The zero-order valence-electron chi connectivity index (χ0n) is 11.6. The molecule has 1 aliphatic heterocycles. The second kappa shape index (κ2) is 5.15. The molecule has 0 spiro atoms. The van der Waals surface area contributed by atoms with E-state index in [9.17, 15) is 4.79 Å². The van der Waals surface area contributed by atoms with Gasteiger partial charge in [-0.2, -0.15) is 0 Å². The van der Waals surface area contributed by atoms with Gasteiger partial charge in [0, 0.05) is 18.6 Å². The van der Waals surface area contributed by atoms with Gasteiger partial charge in [-0.25, -0.2) is 0 Å². The average molecular weight is 254 g/mol. The molecule has 3 unspecified atom stereocenters. The van der Waals surface area contributed by atoms with Crippen LogP contribution in [0.25, 0.3) is 0 Å². The first kappa shape index (κ1) is 13.8. The van der Waals surface area contributed by atoms with Crippen molar-refractivity contribution in [2.24, 2.45) is 11.5 Å². The average Bonchev–Trinajstić information content (AvgIpc) is 2.60. The molecule has 2 fully saturated rings. The van der Waals surface area contributed by atoms with E-state index in [2.05, 4.69) is 23.8 Å². The lowest BCUT2D eigenvalue weighted by atomic mass is 9.98. The van der Waals surface area contributed by atoms with Crippen LogP contribution in [0, 0.1) is 0 Å².